The van der Waals surface area contributed by atoms with Gasteiger partial charge < -0.3 is 4.90 Å². The zero-order valence-electron chi connectivity index (χ0n) is 17.7. The molecular weight excluding hydrogens is 390 g/mol. The van der Waals surface area contributed by atoms with Crippen molar-refractivity contribution < 1.29 is 4.79 Å². The van der Waals surface area contributed by atoms with Crippen LogP contribution in [0.25, 0.3) is 10.2 Å². The van der Waals surface area contributed by atoms with Gasteiger partial charge in [-0.2, -0.15) is 0 Å². The Balaban J connectivity index is 1.92. The fourth-order valence-electron chi connectivity index (χ4n) is 3.62. The van der Waals surface area contributed by atoms with Gasteiger partial charge in [-0.25, -0.2) is 4.98 Å². The smallest absolute Gasteiger partial charge is 0.263 e. The molecule has 0 N–H and O–H groups in total. The van der Waals surface area contributed by atoms with Crippen molar-refractivity contribution in [3.05, 3.63) is 20.8 Å². The van der Waals surface area contributed by atoms with Crippen molar-refractivity contribution in [2.45, 2.75) is 71.3 Å². The van der Waals surface area contributed by atoms with Gasteiger partial charge in [0, 0.05) is 24.5 Å². The number of fused-ring (bicyclic) bond motifs is 1. The van der Waals surface area contributed by atoms with Crippen molar-refractivity contribution in [1.82, 2.24) is 14.5 Å². The van der Waals surface area contributed by atoms with E-state index in [9.17, 15) is 9.59 Å². The van der Waals surface area contributed by atoms with Gasteiger partial charge in [-0.3, -0.25) is 14.2 Å². The van der Waals surface area contributed by atoms with Gasteiger partial charge >= 0.3 is 0 Å². The van der Waals surface area contributed by atoms with Crippen molar-refractivity contribution in [1.29, 1.82) is 0 Å². The first-order valence-electron chi connectivity index (χ1n) is 10.1. The first kappa shape index (κ1) is 21.4. The molecular formula is C21H31N3O2S2. The lowest BCUT2D eigenvalue weighted by Crippen LogP contribution is -2.42. The normalized spacial score (nSPS) is 16.9. The molecule has 3 rings (SSSR count). The molecule has 0 radical (unpaired) electrons. The Morgan fingerprint density at radius 3 is 2.50 bits per heavy atom. The topological polar surface area (TPSA) is 55.2 Å². The number of hydrogen-bond acceptors (Lipinski definition) is 5. The van der Waals surface area contributed by atoms with Gasteiger partial charge in [0.2, 0.25) is 5.91 Å². The van der Waals surface area contributed by atoms with E-state index in [0.717, 1.165) is 46.6 Å². The molecule has 0 aliphatic carbocycles. The number of carbonyl (C=O) groups excluding carboxylic acids is 1. The van der Waals surface area contributed by atoms with E-state index >= 15 is 0 Å². The number of hydrogen-bond donors (Lipinski definition) is 0. The summed E-state index contributed by atoms with van der Waals surface area (Å²) in [6.07, 6.45) is 2.14. The molecule has 0 aromatic carbocycles. The minimum absolute atomic E-state index is 0.0227. The maximum Gasteiger partial charge on any atom is 0.263 e. The van der Waals surface area contributed by atoms with Gasteiger partial charge in [0.05, 0.1) is 10.6 Å². The zero-order valence-corrected chi connectivity index (χ0v) is 19.4. The van der Waals surface area contributed by atoms with Crippen LogP contribution in [0.2, 0.25) is 0 Å². The highest BCUT2D eigenvalue weighted by Gasteiger charge is 2.27. The molecule has 0 bridgehead atoms. The molecule has 28 heavy (non-hydrogen) atoms. The van der Waals surface area contributed by atoms with Gasteiger partial charge in [-0.15, -0.1) is 11.3 Å². The highest BCUT2D eigenvalue weighted by atomic mass is 32.2. The summed E-state index contributed by atoms with van der Waals surface area (Å²) in [5, 5.41) is 1.15. The van der Waals surface area contributed by atoms with Gasteiger partial charge in [-0.1, -0.05) is 32.5 Å². The van der Waals surface area contributed by atoms with Crippen molar-refractivity contribution in [2.24, 2.45) is 11.8 Å². The Hall–Kier alpha value is -1.34. The van der Waals surface area contributed by atoms with Crippen LogP contribution in [-0.2, 0) is 11.3 Å². The summed E-state index contributed by atoms with van der Waals surface area (Å²) in [6, 6.07) is 0. The maximum absolute atomic E-state index is 13.2. The molecule has 2 aromatic heterocycles. The molecule has 1 atom stereocenters. The lowest BCUT2D eigenvalue weighted by molar-refractivity contribution is -0.131. The number of carbonyl (C=O) groups is 1. The zero-order chi connectivity index (χ0) is 20.6. The first-order valence-corrected chi connectivity index (χ1v) is 11.8. The second kappa shape index (κ2) is 8.57. The SMILES string of the molecule is Cc1sc2nc(S[C@H](C)C(=O)N3CCC(C)CC3)n(CC(C)C)c(=O)c2c1C. The molecule has 2 aromatic rings. The van der Waals surface area contributed by atoms with Crippen LogP contribution in [0.1, 0.15) is 51.0 Å². The van der Waals surface area contributed by atoms with Gasteiger partial charge in [-0.05, 0) is 51.0 Å². The molecule has 1 fully saturated rings. The summed E-state index contributed by atoms with van der Waals surface area (Å²) in [4.78, 5) is 34.9. The quantitative estimate of drug-likeness (QED) is 0.528. The molecule has 154 valence electrons. The van der Waals surface area contributed by atoms with Crippen LogP contribution < -0.4 is 5.56 Å². The van der Waals surface area contributed by atoms with Gasteiger partial charge in [0.25, 0.3) is 5.56 Å². The standard InChI is InChI=1S/C21H31N3O2S2/c1-12(2)11-24-20(26)17-14(4)15(5)27-18(17)22-21(24)28-16(6)19(25)23-9-7-13(3)8-10-23/h12-13,16H,7-11H2,1-6H3/t16-/m1/s1. The van der Waals surface area contributed by atoms with Crippen LogP contribution in [0.4, 0.5) is 0 Å². The molecule has 7 heteroatoms. The summed E-state index contributed by atoms with van der Waals surface area (Å²) in [5.74, 6) is 1.17. The lowest BCUT2D eigenvalue weighted by atomic mass is 9.99. The van der Waals surface area contributed by atoms with E-state index in [-0.39, 0.29) is 16.7 Å². The Morgan fingerprint density at radius 1 is 1.25 bits per heavy atom. The van der Waals surface area contributed by atoms with Crippen molar-refractivity contribution in [2.75, 3.05) is 13.1 Å². The first-order chi connectivity index (χ1) is 13.2. The minimum atomic E-state index is -0.252. The number of rotatable bonds is 5. The summed E-state index contributed by atoms with van der Waals surface area (Å²) in [5.41, 5.74) is 1.05. The average Bonchev–Trinajstić information content (AvgIpc) is 2.92. The van der Waals surface area contributed by atoms with Crippen LogP contribution in [0, 0.1) is 25.7 Å². The van der Waals surface area contributed by atoms with E-state index in [1.165, 1.54) is 11.8 Å². The third-order valence-electron chi connectivity index (χ3n) is 5.53. The number of likely N-dealkylation sites (tertiary alicyclic amines) is 1. The van der Waals surface area contributed by atoms with Gasteiger partial charge in [0.15, 0.2) is 5.16 Å². The summed E-state index contributed by atoms with van der Waals surface area (Å²) in [6.45, 7) is 14.7. The van der Waals surface area contributed by atoms with Crippen LogP contribution in [0.3, 0.4) is 0 Å². The minimum Gasteiger partial charge on any atom is -0.342 e. The van der Waals surface area contributed by atoms with Crippen molar-refractivity contribution in [3.8, 4) is 0 Å². The number of nitrogens with zero attached hydrogens (tertiary/aromatic N) is 3. The fourth-order valence-corrected chi connectivity index (χ4v) is 5.69. The number of aryl methyl sites for hydroxylation is 2. The van der Waals surface area contributed by atoms with E-state index in [0.29, 0.717) is 23.5 Å². The molecule has 0 saturated carbocycles. The second-order valence-electron chi connectivity index (χ2n) is 8.44. The Kier molecular flexibility index (Phi) is 6.54. The van der Waals surface area contributed by atoms with Crippen LogP contribution in [0.5, 0.6) is 0 Å². The number of thioether (sulfide) groups is 1. The molecule has 3 heterocycles. The maximum atomic E-state index is 13.2. The van der Waals surface area contributed by atoms with Crippen LogP contribution in [-0.4, -0.2) is 38.7 Å². The Labute approximate surface area is 175 Å². The van der Waals surface area contributed by atoms with E-state index in [4.69, 9.17) is 4.98 Å². The molecule has 5 nitrogen and oxygen atoms in total. The summed E-state index contributed by atoms with van der Waals surface area (Å²) in [7, 11) is 0. The van der Waals surface area contributed by atoms with Gasteiger partial charge in [0.1, 0.15) is 4.83 Å². The molecule has 1 aliphatic rings. The number of aromatic nitrogens is 2. The summed E-state index contributed by atoms with van der Waals surface area (Å²) < 4.78 is 1.78. The van der Waals surface area contributed by atoms with Crippen molar-refractivity contribution >= 4 is 39.2 Å². The molecule has 0 spiro atoms. The summed E-state index contributed by atoms with van der Waals surface area (Å²) >= 11 is 2.99. The highest BCUT2D eigenvalue weighted by Crippen LogP contribution is 2.31. The predicted octanol–water partition coefficient (Wildman–Crippen LogP) is 4.47. The lowest BCUT2D eigenvalue weighted by Gasteiger charge is -2.32. The van der Waals surface area contributed by atoms with E-state index in [1.807, 2.05) is 25.7 Å². The Morgan fingerprint density at radius 2 is 1.89 bits per heavy atom. The van der Waals surface area contributed by atoms with E-state index in [2.05, 4.69) is 20.8 Å². The predicted molar refractivity (Wildman–Crippen MR) is 118 cm³/mol. The second-order valence-corrected chi connectivity index (χ2v) is 10.9. The number of piperidine rings is 1. The van der Waals surface area contributed by atoms with Crippen LogP contribution >= 0.6 is 23.1 Å². The average molecular weight is 422 g/mol. The number of thiophene rings is 1. The Bertz CT molecular complexity index is 924. The third kappa shape index (κ3) is 4.30. The molecule has 1 amide bonds. The molecule has 0 unspecified atom stereocenters. The van der Waals surface area contributed by atoms with E-state index < -0.39 is 0 Å². The monoisotopic (exact) mass is 421 g/mol. The highest BCUT2D eigenvalue weighted by molar-refractivity contribution is 8.00. The van der Waals surface area contributed by atoms with Crippen LogP contribution in [0.15, 0.2) is 9.95 Å². The fraction of sp³-hybridized carbons (Fsp3) is 0.667. The number of amides is 1. The van der Waals surface area contributed by atoms with E-state index in [1.54, 1.807) is 15.9 Å². The molecule has 1 saturated heterocycles. The largest absolute Gasteiger partial charge is 0.342 e. The molecule has 1 aliphatic heterocycles. The third-order valence-corrected chi connectivity index (χ3v) is 7.71. The van der Waals surface area contributed by atoms with Crippen molar-refractivity contribution in [3.63, 3.8) is 0 Å².